The van der Waals surface area contributed by atoms with Crippen molar-refractivity contribution < 1.29 is 19.4 Å². The number of rotatable bonds is 3. The number of hydrogen-bond donors (Lipinski definition) is 1. The van der Waals surface area contributed by atoms with E-state index < -0.39 is 5.97 Å². The number of benzene rings is 2. The van der Waals surface area contributed by atoms with Crippen LogP contribution in [-0.2, 0) is 11.2 Å². The average molecular weight is 387 g/mol. The first-order valence-electron chi connectivity index (χ1n) is 9.52. The summed E-state index contributed by atoms with van der Waals surface area (Å²) < 4.78 is 4.74. The first-order valence-corrected chi connectivity index (χ1v) is 9.52. The number of carbonyl (C=O) groups excluding carboxylic acids is 1. The summed E-state index contributed by atoms with van der Waals surface area (Å²) in [6.07, 6.45) is 3.53. The number of carboxylic acids is 1. The standard InChI is InChI=1S/C24H21NO4/c1-14-11-17(13-15-7-9-16(10-8-15)24(28)29-2)22-19(12-14)21(23(26)27)18-5-3-4-6-20(18)25-22/h3-10,13-14H,11-12H2,1-2H3,(H,26,27)/b17-13+/t14-/m1/s1. The fourth-order valence-electron chi connectivity index (χ4n) is 4.01. The van der Waals surface area contributed by atoms with Gasteiger partial charge in [0.2, 0.25) is 0 Å². The molecule has 0 saturated carbocycles. The number of methoxy groups -OCH3 is 1. The highest BCUT2D eigenvalue weighted by atomic mass is 16.5. The monoisotopic (exact) mass is 387 g/mol. The average Bonchev–Trinajstić information content (AvgIpc) is 2.72. The van der Waals surface area contributed by atoms with E-state index in [1.807, 2.05) is 42.5 Å². The molecule has 0 amide bonds. The number of allylic oxidation sites excluding steroid dienone is 1. The number of ether oxygens (including phenoxy) is 1. The Balaban J connectivity index is 1.87. The van der Waals surface area contributed by atoms with Crippen molar-refractivity contribution in [2.45, 2.75) is 19.8 Å². The number of aromatic carboxylic acids is 1. The zero-order valence-corrected chi connectivity index (χ0v) is 16.3. The minimum Gasteiger partial charge on any atom is -0.478 e. The molecule has 0 radical (unpaired) electrons. The second-order valence-electron chi connectivity index (χ2n) is 7.43. The van der Waals surface area contributed by atoms with Crippen LogP contribution in [0, 0.1) is 5.92 Å². The van der Waals surface area contributed by atoms with E-state index in [1.54, 1.807) is 12.1 Å². The molecule has 29 heavy (non-hydrogen) atoms. The number of carboxylic acid groups (broad SMARTS) is 1. The number of hydrogen-bond acceptors (Lipinski definition) is 4. The summed E-state index contributed by atoms with van der Waals surface area (Å²) in [7, 11) is 1.36. The smallest absolute Gasteiger partial charge is 0.337 e. The van der Waals surface area contributed by atoms with Crippen LogP contribution in [-0.4, -0.2) is 29.1 Å². The van der Waals surface area contributed by atoms with Gasteiger partial charge < -0.3 is 9.84 Å². The van der Waals surface area contributed by atoms with Crippen molar-refractivity contribution in [2.75, 3.05) is 7.11 Å². The van der Waals surface area contributed by atoms with E-state index >= 15 is 0 Å². The maximum absolute atomic E-state index is 12.1. The fourth-order valence-corrected chi connectivity index (χ4v) is 4.01. The van der Waals surface area contributed by atoms with Crippen molar-refractivity contribution in [3.8, 4) is 0 Å². The first kappa shape index (κ1) is 18.9. The van der Waals surface area contributed by atoms with Gasteiger partial charge in [0.25, 0.3) is 0 Å². The summed E-state index contributed by atoms with van der Waals surface area (Å²) in [6.45, 7) is 2.12. The van der Waals surface area contributed by atoms with E-state index in [1.165, 1.54) is 7.11 Å². The van der Waals surface area contributed by atoms with Crippen LogP contribution in [0.1, 0.15) is 50.9 Å². The summed E-state index contributed by atoms with van der Waals surface area (Å²) in [5, 5.41) is 10.6. The number of aromatic nitrogens is 1. The van der Waals surface area contributed by atoms with Gasteiger partial charge in [-0.1, -0.05) is 37.3 Å². The van der Waals surface area contributed by atoms with E-state index in [4.69, 9.17) is 9.72 Å². The third kappa shape index (κ3) is 3.51. The SMILES string of the molecule is COC(=O)c1ccc(/C=C2\C[C@@H](C)Cc3c2nc2ccccc2c3C(=O)O)cc1. The topological polar surface area (TPSA) is 76.5 Å². The van der Waals surface area contributed by atoms with Crippen LogP contribution in [0.25, 0.3) is 22.6 Å². The molecule has 1 aliphatic carbocycles. The van der Waals surface area contributed by atoms with Crippen LogP contribution < -0.4 is 0 Å². The van der Waals surface area contributed by atoms with E-state index in [0.717, 1.165) is 28.8 Å². The van der Waals surface area contributed by atoms with Crippen LogP contribution >= 0.6 is 0 Å². The molecule has 1 heterocycles. The highest BCUT2D eigenvalue weighted by Crippen LogP contribution is 2.38. The Kier molecular flexibility index (Phi) is 4.89. The van der Waals surface area contributed by atoms with E-state index in [0.29, 0.717) is 34.4 Å². The molecule has 0 spiro atoms. The predicted octanol–water partition coefficient (Wildman–Crippen LogP) is 4.84. The molecular weight excluding hydrogens is 366 g/mol. The zero-order chi connectivity index (χ0) is 20.5. The van der Waals surface area contributed by atoms with Gasteiger partial charge in [0.15, 0.2) is 0 Å². The summed E-state index contributed by atoms with van der Waals surface area (Å²) in [4.78, 5) is 28.6. The highest BCUT2D eigenvalue weighted by molar-refractivity contribution is 6.06. The number of carbonyl (C=O) groups is 2. The van der Waals surface area contributed by atoms with Gasteiger partial charge in [-0.05, 0) is 59.7 Å². The van der Waals surface area contributed by atoms with Crippen LogP contribution in [0.2, 0.25) is 0 Å². The summed E-state index contributed by atoms with van der Waals surface area (Å²) in [6, 6.07) is 14.5. The number of pyridine rings is 1. The molecule has 1 atom stereocenters. The van der Waals surface area contributed by atoms with Gasteiger partial charge in [-0.25, -0.2) is 14.6 Å². The summed E-state index contributed by atoms with van der Waals surface area (Å²) in [5.74, 6) is -0.986. The van der Waals surface area contributed by atoms with Gasteiger partial charge in [-0.15, -0.1) is 0 Å². The Labute approximate surface area is 168 Å². The van der Waals surface area contributed by atoms with Gasteiger partial charge in [0.05, 0.1) is 29.4 Å². The van der Waals surface area contributed by atoms with E-state index in [9.17, 15) is 14.7 Å². The largest absolute Gasteiger partial charge is 0.478 e. The molecular formula is C24H21NO4. The Bertz CT molecular complexity index is 1150. The van der Waals surface area contributed by atoms with Crippen molar-refractivity contribution in [2.24, 2.45) is 5.92 Å². The number of para-hydroxylation sites is 1. The molecule has 5 heteroatoms. The Morgan fingerprint density at radius 1 is 1.10 bits per heavy atom. The zero-order valence-electron chi connectivity index (χ0n) is 16.3. The molecule has 0 bridgehead atoms. The summed E-state index contributed by atoms with van der Waals surface area (Å²) >= 11 is 0. The van der Waals surface area contributed by atoms with Gasteiger partial charge in [-0.2, -0.15) is 0 Å². The molecule has 4 rings (SSSR count). The van der Waals surface area contributed by atoms with Crippen molar-refractivity contribution in [3.05, 3.63) is 76.5 Å². The van der Waals surface area contributed by atoms with Crippen molar-refractivity contribution >= 4 is 34.5 Å². The molecule has 3 aromatic rings. The summed E-state index contributed by atoms with van der Waals surface area (Å²) in [5.41, 5.74) is 5.03. The number of esters is 1. The Morgan fingerprint density at radius 3 is 2.52 bits per heavy atom. The maximum atomic E-state index is 12.1. The first-order chi connectivity index (χ1) is 14.0. The molecule has 0 aliphatic heterocycles. The molecule has 1 aliphatic rings. The van der Waals surface area contributed by atoms with Crippen molar-refractivity contribution in [1.82, 2.24) is 4.98 Å². The second-order valence-corrected chi connectivity index (χ2v) is 7.43. The Hall–Kier alpha value is -3.47. The van der Waals surface area contributed by atoms with E-state index in [2.05, 4.69) is 6.92 Å². The minimum atomic E-state index is -0.921. The molecule has 0 unspecified atom stereocenters. The molecule has 1 aromatic heterocycles. The van der Waals surface area contributed by atoms with Gasteiger partial charge >= 0.3 is 11.9 Å². The lowest BCUT2D eigenvalue weighted by atomic mass is 9.80. The van der Waals surface area contributed by atoms with Crippen LogP contribution in [0.15, 0.2) is 48.5 Å². The normalized spacial score (nSPS) is 17.2. The number of nitrogens with zero attached hydrogens (tertiary/aromatic N) is 1. The maximum Gasteiger partial charge on any atom is 0.337 e. The van der Waals surface area contributed by atoms with Gasteiger partial charge in [0.1, 0.15) is 0 Å². The third-order valence-corrected chi connectivity index (χ3v) is 5.30. The molecule has 0 saturated heterocycles. The molecule has 5 nitrogen and oxygen atoms in total. The number of fused-ring (bicyclic) bond motifs is 2. The fraction of sp³-hybridized carbons (Fsp3) is 0.208. The van der Waals surface area contributed by atoms with Crippen molar-refractivity contribution in [3.63, 3.8) is 0 Å². The van der Waals surface area contributed by atoms with Gasteiger partial charge in [-0.3, -0.25) is 0 Å². The van der Waals surface area contributed by atoms with Crippen molar-refractivity contribution in [1.29, 1.82) is 0 Å². The predicted molar refractivity (Wildman–Crippen MR) is 112 cm³/mol. The van der Waals surface area contributed by atoms with Crippen LogP contribution in [0.5, 0.6) is 0 Å². The highest BCUT2D eigenvalue weighted by Gasteiger charge is 2.27. The molecule has 1 N–H and O–H groups in total. The van der Waals surface area contributed by atoms with Crippen LogP contribution in [0.3, 0.4) is 0 Å². The minimum absolute atomic E-state index is 0.309. The van der Waals surface area contributed by atoms with E-state index in [-0.39, 0.29) is 5.97 Å². The quantitative estimate of drug-likeness (QED) is 0.651. The lowest BCUT2D eigenvalue weighted by Gasteiger charge is -2.26. The lowest BCUT2D eigenvalue weighted by molar-refractivity contribution is 0.0599. The third-order valence-electron chi connectivity index (χ3n) is 5.30. The molecule has 146 valence electrons. The second kappa shape index (κ2) is 7.51. The lowest BCUT2D eigenvalue weighted by Crippen LogP contribution is -2.17. The molecule has 2 aromatic carbocycles. The Morgan fingerprint density at radius 2 is 1.83 bits per heavy atom. The molecule has 0 fully saturated rings. The van der Waals surface area contributed by atoms with Crippen LogP contribution in [0.4, 0.5) is 0 Å². The van der Waals surface area contributed by atoms with Gasteiger partial charge in [0, 0.05) is 5.39 Å².